The standard InChI is InChI=1S/C18H16N6O2/c1-11(19-17(25)12-6-4-3-5-7-12)18-20-16(22-26-18)13-8-9-14-15(10-13)24(2)23-21-14/h3-11H,1-2H3,(H,19,25). The topological polar surface area (TPSA) is 98.7 Å². The average Bonchev–Trinajstić information content (AvgIpc) is 3.30. The van der Waals surface area contributed by atoms with Crippen molar-refractivity contribution in [3.8, 4) is 11.4 Å². The van der Waals surface area contributed by atoms with Crippen LogP contribution in [0.5, 0.6) is 0 Å². The molecular formula is C18H16N6O2. The van der Waals surface area contributed by atoms with Gasteiger partial charge in [-0.25, -0.2) is 4.68 Å². The zero-order valence-corrected chi connectivity index (χ0v) is 14.2. The van der Waals surface area contributed by atoms with Crippen LogP contribution in [0.1, 0.15) is 29.2 Å². The first-order valence-corrected chi connectivity index (χ1v) is 8.11. The molecule has 26 heavy (non-hydrogen) atoms. The molecule has 4 rings (SSSR count). The van der Waals surface area contributed by atoms with Gasteiger partial charge in [-0.3, -0.25) is 4.79 Å². The molecule has 4 aromatic rings. The first-order chi connectivity index (χ1) is 12.6. The molecule has 1 unspecified atom stereocenters. The van der Waals surface area contributed by atoms with Crippen molar-refractivity contribution in [2.75, 3.05) is 0 Å². The number of aromatic nitrogens is 5. The number of aryl methyl sites for hydroxylation is 1. The van der Waals surface area contributed by atoms with Crippen LogP contribution in [-0.2, 0) is 7.05 Å². The van der Waals surface area contributed by atoms with Crippen molar-refractivity contribution >= 4 is 16.9 Å². The molecule has 0 aliphatic carbocycles. The predicted molar refractivity (Wildman–Crippen MR) is 94.1 cm³/mol. The van der Waals surface area contributed by atoms with Crippen LogP contribution in [0.15, 0.2) is 53.1 Å². The van der Waals surface area contributed by atoms with Gasteiger partial charge in [-0.2, -0.15) is 4.98 Å². The highest BCUT2D eigenvalue weighted by Gasteiger charge is 2.18. The van der Waals surface area contributed by atoms with Crippen molar-refractivity contribution in [1.82, 2.24) is 30.5 Å². The summed E-state index contributed by atoms with van der Waals surface area (Å²) in [5.41, 5.74) is 3.04. The van der Waals surface area contributed by atoms with Gasteiger partial charge in [0.25, 0.3) is 5.91 Å². The summed E-state index contributed by atoms with van der Waals surface area (Å²) in [4.78, 5) is 16.6. The Hall–Kier alpha value is -3.55. The van der Waals surface area contributed by atoms with E-state index in [-0.39, 0.29) is 5.91 Å². The summed E-state index contributed by atoms with van der Waals surface area (Å²) < 4.78 is 7.01. The summed E-state index contributed by atoms with van der Waals surface area (Å²) in [5.74, 6) is 0.594. The lowest BCUT2D eigenvalue weighted by atomic mass is 10.2. The van der Waals surface area contributed by atoms with Crippen LogP contribution in [0.2, 0.25) is 0 Å². The van der Waals surface area contributed by atoms with Gasteiger partial charge in [0.15, 0.2) is 0 Å². The minimum atomic E-state index is -0.411. The van der Waals surface area contributed by atoms with Crippen LogP contribution >= 0.6 is 0 Å². The molecule has 1 atom stereocenters. The number of hydrogen-bond acceptors (Lipinski definition) is 6. The molecule has 0 spiro atoms. The molecule has 0 saturated heterocycles. The SMILES string of the molecule is CC(NC(=O)c1ccccc1)c1nc(-c2ccc3nnn(C)c3c2)no1. The number of nitrogens with zero attached hydrogens (tertiary/aromatic N) is 5. The fourth-order valence-corrected chi connectivity index (χ4v) is 2.63. The molecule has 2 aromatic carbocycles. The number of benzene rings is 2. The normalized spacial score (nSPS) is 12.2. The Morgan fingerprint density at radius 1 is 1.19 bits per heavy atom. The van der Waals surface area contributed by atoms with Gasteiger partial charge in [0.1, 0.15) is 11.6 Å². The van der Waals surface area contributed by atoms with Crippen molar-refractivity contribution in [2.45, 2.75) is 13.0 Å². The lowest BCUT2D eigenvalue weighted by Gasteiger charge is -2.09. The zero-order valence-electron chi connectivity index (χ0n) is 14.2. The van der Waals surface area contributed by atoms with Crippen LogP contribution in [0, 0.1) is 0 Å². The van der Waals surface area contributed by atoms with E-state index >= 15 is 0 Å². The smallest absolute Gasteiger partial charge is 0.251 e. The number of amides is 1. The van der Waals surface area contributed by atoms with Crippen LogP contribution in [-0.4, -0.2) is 31.0 Å². The molecule has 1 N–H and O–H groups in total. The molecule has 0 bridgehead atoms. The van der Waals surface area contributed by atoms with E-state index in [0.717, 1.165) is 16.6 Å². The highest BCUT2D eigenvalue weighted by atomic mass is 16.5. The highest BCUT2D eigenvalue weighted by Crippen LogP contribution is 2.22. The molecule has 130 valence electrons. The lowest BCUT2D eigenvalue weighted by molar-refractivity contribution is 0.0932. The van der Waals surface area contributed by atoms with Gasteiger partial charge in [0.05, 0.1) is 5.52 Å². The van der Waals surface area contributed by atoms with Gasteiger partial charge in [-0.1, -0.05) is 28.6 Å². The first-order valence-electron chi connectivity index (χ1n) is 8.11. The fourth-order valence-electron chi connectivity index (χ4n) is 2.63. The van der Waals surface area contributed by atoms with Gasteiger partial charge in [-0.05, 0) is 37.3 Å². The van der Waals surface area contributed by atoms with Crippen molar-refractivity contribution in [3.63, 3.8) is 0 Å². The Balaban J connectivity index is 1.55. The minimum Gasteiger partial charge on any atom is -0.341 e. The quantitative estimate of drug-likeness (QED) is 0.608. The maximum absolute atomic E-state index is 12.2. The predicted octanol–water partition coefficient (Wildman–Crippen LogP) is 2.51. The number of rotatable bonds is 4. The molecule has 0 aliphatic heterocycles. The van der Waals surface area contributed by atoms with Gasteiger partial charge in [0.2, 0.25) is 11.7 Å². The summed E-state index contributed by atoms with van der Waals surface area (Å²) in [7, 11) is 1.82. The van der Waals surface area contributed by atoms with Gasteiger partial charge in [-0.15, -0.1) is 5.10 Å². The molecule has 0 aliphatic rings. The average molecular weight is 348 g/mol. The second-order valence-electron chi connectivity index (χ2n) is 5.93. The maximum atomic E-state index is 12.2. The van der Waals surface area contributed by atoms with Crippen molar-refractivity contribution < 1.29 is 9.32 Å². The van der Waals surface area contributed by atoms with Gasteiger partial charge in [0, 0.05) is 18.2 Å². The Kier molecular flexibility index (Phi) is 3.92. The Labute approximate surface area is 148 Å². The number of fused-ring (bicyclic) bond motifs is 1. The molecule has 2 heterocycles. The van der Waals surface area contributed by atoms with Crippen molar-refractivity contribution in [2.24, 2.45) is 7.05 Å². The molecule has 8 nitrogen and oxygen atoms in total. The minimum absolute atomic E-state index is 0.194. The van der Waals surface area contributed by atoms with Gasteiger partial charge >= 0.3 is 0 Å². The van der Waals surface area contributed by atoms with E-state index in [1.54, 1.807) is 23.7 Å². The van der Waals surface area contributed by atoms with Gasteiger partial charge < -0.3 is 9.84 Å². The summed E-state index contributed by atoms with van der Waals surface area (Å²) in [6, 6.07) is 14.2. The van der Waals surface area contributed by atoms with E-state index in [2.05, 4.69) is 25.8 Å². The second kappa shape index (κ2) is 6.40. The molecule has 0 fully saturated rings. The van der Waals surface area contributed by atoms with Crippen LogP contribution in [0.3, 0.4) is 0 Å². The monoisotopic (exact) mass is 348 g/mol. The van der Waals surface area contributed by atoms with E-state index in [4.69, 9.17) is 4.52 Å². The summed E-state index contributed by atoms with van der Waals surface area (Å²) in [5, 5.41) is 14.9. The third kappa shape index (κ3) is 2.92. The third-order valence-electron chi connectivity index (χ3n) is 4.06. The Morgan fingerprint density at radius 2 is 2.00 bits per heavy atom. The zero-order chi connectivity index (χ0) is 18.1. The Morgan fingerprint density at radius 3 is 2.81 bits per heavy atom. The lowest BCUT2D eigenvalue weighted by Crippen LogP contribution is -2.26. The van der Waals surface area contributed by atoms with E-state index in [0.29, 0.717) is 17.3 Å². The van der Waals surface area contributed by atoms with Crippen LogP contribution in [0.4, 0.5) is 0 Å². The molecule has 2 aromatic heterocycles. The van der Waals surface area contributed by atoms with E-state index in [1.165, 1.54) is 0 Å². The number of nitrogens with one attached hydrogen (secondary N) is 1. The highest BCUT2D eigenvalue weighted by molar-refractivity contribution is 5.94. The van der Waals surface area contributed by atoms with Crippen LogP contribution in [0.25, 0.3) is 22.4 Å². The molecule has 0 radical (unpaired) electrons. The van der Waals surface area contributed by atoms with E-state index in [9.17, 15) is 4.79 Å². The third-order valence-corrected chi connectivity index (χ3v) is 4.06. The molecule has 8 heteroatoms. The number of carbonyl (C=O) groups is 1. The summed E-state index contributed by atoms with van der Waals surface area (Å²) in [6.07, 6.45) is 0. The maximum Gasteiger partial charge on any atom is 0.251 e. The number of hydrogen-bond donors (Lipinski definition) is 1. The Bertz CT molecular complexity index is 1070. The molecule has 0 saturated carbocycles. The van der Waals surface area contributed by atoms with Crippen molar-refractivity contribution in [1.29, 1.82) is 0 Å². The largest absolute Gasteiger partial charge is 0.341 e. The van der Waals surface area contributed by atoms with E-state index in [1.807, 2.05) is 43.4 Å². The van der Waals surface area contributed by atoms with Crippen LogP contribution < -0.4 is 5.32 Å². The fraction of sp³-hybridized carbons (Fsp3) is 0.167. The van der Waals surface area contributed by atoms with E-state index < -0.39 is 6.04 Å². The first kappa shape index (κ1) is 15.9. The summed E-state index contributed by atoms with van der Waals surface area (Å²) >= 11 is 0. The molecular weight excluding hydrogens is 332 g/mol. The summed E-state index contributed by atoms with van der Waals surface area (Å²) in [6.45, 7) is 1.80. The molecule has 1 amide bonds. The number of carbonyl (C=O) groups excluding carboxylic acids is 1. The van der Waals surface area contributed by atoms with Crippen molar-refractivity contribution in [3.05, 3.63) is 60.0 Å². The second-order valence-corrected chi connectivity index (χ2v) is 5.93.